The van der Waals surface area contributed by atoms with E-state index in [1.54, 1.807) is 13.2 Å². The van der Waals surface area contributed by atoms with Crippen molar-refractivity contribution in [2.24, 2.45) is 11.7 Å². The second-order valence-electron chi connectivity index (χ2n) is 13.4. The minimum Gasteiger partial charge on any atom is -0.481 e. The number of halogens is 1. The van der Waals surface area contributed by atoms with Gasteiger partial charge in [-0.05, 0) is 73.3 Å². The topological polar surface area (TPSA) is 145 Å². The van der Waals surface area contributed by atoms with Crippen LogP contribution in [0.3, 0.4) is 0 Å². The molecule has 0 radical (unpaired) electrons. The molecule has 5 N–H and O–H groups in total. The van der Waals surface area contributed by atoms with Crippen LogP contribution >= 0.6 is 11.6 Å². The van der Waals surface area contributed by atoms with Crippen LogP contribution in [0.15, 0.2) is 54.1 Å². The van der Waals surface area contributed by atoms with Crippen molar-refractivity contribution in [2.45, 2.75) is 78.2 Å². The maximum absolute atomic E-state index is 12.8. The number of nitrogens with two attached hydrogens (primary N) is 1. The smallest absolute Gasteiger partial charge is 0.260 e. The summed E-state index contributed by atoms with van der Waals surface area (Å²) in [5, 5.41) is 8.75. The summed E-state index contributed by atoms with van der Waals surface area (Å²) in [5.41, 5.74) is 12.5. The lowest BCUT2D eigenvalue weighted by molar-refractivity contribution is -0.146. The van der Waals surface area contributed by atoms with Crippen LogP contribution in [0.1, 0.15) is 76.0 Å². The number of nitrogens with zero attached hydrogens (tertiary/aromatic N) is 1. The van der Waals surface area contributed by atoms with Crippen LogP contribution < -0.4 is 26.4 Å². The number of aryl methyl sites for hydroxylation is 1. The van der Waals surface area contributed by atoms with E-state index < -0.39 is 11.8 Å². The molecule has 1 aliphatic carbocycles. The lowest BCUT2D eigenvalue weighted by Crippen LogP contribution is -2.52. The number of hydrogen-bond donors (Lipinski definition) is 4. The summed E-state index contributed by atoms with van der Waals surface area (Å²) in [4.78, 5) is 40.8. The van der Waals surface area contributed by atoms with Gasteiger partial charge in [0.1, 0.15) is 12.2 Å². The first kappa shape index (κ1) is 39.5. The molecule has 2 heterocycles. The molecule has 2 aromatic carbocycles. The van der Waals surface area contributed by atoms with Crippen molar-refractivity contribution in [3.63, 3.8) is 0 Å². The number of anilines is 1. The fraction of sp³-hybridized carbons (Fsp3) is 0.450. The van der Waals surface area contributed by atoms with Crippen LogP contribution in [0.2, 0.25) is 5.02 Å². The van der Waals surface area contributed by atoms with E-state index in [0.717, 1.165) is 53.6 Å². The highest BCUT2D eigenvalue weighted by Gasteiger charge is 2.35. The molecule has 274 valence electrons. The Morgan fingerprint density at radius 3 is 2.51 bits per heavy atom. The Morgan fingerprint density at radius 2 is 1.88 bits per heavy atom. The lowest BCUT2D eigenvalue weighted by atomic mass is 9.87. The van der Waals surface area contributed by atoms with Gasteiger partial charge < -0.3 is 31.2 Å². The van der Waals surface area contributed by atoms with Gasteiger partial charge in [0.2, 0.25) is 11.8 Å². The average molecular weight is 718 g/mol. The molecular formula is C40H52ClN5O5. The fourth-order valence-corrected chi connectivity index (χ4v) is 7.04. The molecule has 5 rings (SSSR count). The van der Waals surface area contributed by atoms with Gasteiger partial charge in [0, 0.05) is 42.5 Å². The van der Waals surface area contributed by atoms with Crippen molar-refractivity contribution >= 4 is 35.0 Å². The van der Waals surface area contributed by atoms with E-state index in [2.05, 4.69) is 49.7 Å². The van der Waals surface area contributed by atoms with Crippen LogP contribution in [0.25, 0.3) is 22.4 Å². The third-order valence-electron chi connectivity index (χ3n) is 10.0. The van der Waals surface area contributed by atoms with Gasteiger partial charge in [-0.3, -0.25) is 14.4 Å². The van der Waals surface area contributed by atoms with Gasteiger partial charge in [0.05, 0.1) is 23.4 Å². The molecule has 0 saturated carbocycles. The average Bonchev–Trinajstić information content (AvgIpc) is 3.52. The van der Waals surface area contributed by atoms with E-state index in [1.165, 1.54) is 30.7 Å². The molecule has 1 aromatic heterocycles. The molecule has 10 nitrogen and oxygen atoms in total. The van der Waals surface area contributed by atoms with Gasteiger partial charge in [-0.15, -0.1) is 0 Å². The first-order valence-corrected chi connectivity index (χ1v) is 18.1. The third kappa shape index (κ3) is 9.16. The number of morpholine rings is 1. The Kier molecular flexibility index (Phi) is 13.8. The number of rotatable bonds is 11. The molecule has 1 fully saturated rings. The lowest BCUT2D eigenvalue weighted by Gasteiger charge is -2.38. The van der Waals surface area contributed by atoms with Crippen LogP contribution in [0, 0.1) is 12.8 Å². The molecule has 1 aliphatic heterocycles. The molecule has 0 spiro atoms. The molecule has 2 aliphatic rings. The van der Waals surface area contributed by atoms with E-state index in [0.29, 0.717) is 35.0 Å². The number of nitrogens with one attached hydrogen (secondary N) is 3. The van der Waals surface area contributed by atoms with Crippen molar-refractivity contribution in [3.8, 4) is 28.3 Å². The summed E-state index contributed by atoms with van der Waals surface area (Å²) in [6.07, 6.45) is 6.63. The number of methoxy groups -OCH3 is 1. The number of carbonyl (C=O) groups excluding carboxylic acids is 3. The second kappa shape index (κ2) is 17.8. The number of fused-ring (bicyclic) bond motifs is 1. The van der Waals surface area contributed by atoms with Gasteiger partial charge in [-0.1, -0.05) is 82.1 Å². The van der Waals surface area contributed by atoms with Crippen molar-refractivity contribution in [2.75, 3.05) is 39.2 Å². The third-order valence-corrected chi connectivity index (χ3v) is 10.4. The number of aromatic nitrogens is 1. The van der Waals surface area contributed by atoms with Crippen molar-refractivity contribution in [1.29, 1.82) is 0 Å². The zero-order valence-electron chi connectivity index (χ0n) is 30.9. The van der Waals surface area contributed by atoms with Crippen molar-refractivity contribution in [3.05, 3.63) is 75.8 Å². The van der Waals surface area contributed by atoms with Gasteiger partial charge in [-0.25, -0.2) is 4.98 Å². The summed E-state index contributed by atoms with van der Waals surface area (Å²) < 4.78 is 11.3. The van der Waals surface area contributed by atoms with E-state index in [9.17, 15) is 14.4 Å². The van der Waals surface area contributed by atoms with Crippen LogP contribution in [0.4, 0.5) is 5.69 Å². The van der Waals surface area contributed by atoms with E-state index >= 15 is 0 Å². The monoisotopic (exact) mass is 717 g/mol. The zero-order chi connectivity index (χ0) is 37.3. The van der Waals surface area contributed by atoms with Gasteiger partial charge >= 0.3 is 0 Å². The largest absolute Gasteiger partial charge is 0.481 e. The maximum Gasteiger partial charge on any atom is 0.260 e. The highest BCUT2D eigenvalue weighted by atomic mass is 35.5. The number of amides is 3. The van der Waals surface area contributed by atoms with Gasteiger partial charge in [0.15, 0.2) is 0 Å². The molecule has 3 amide bonds. The molecule has 3 aromatic rings. The summed E-state index contributed by atoms with van der Waals surface area (Å²) in [7, 11) is 3.11. The number of pyridine rings is 1. The van der Waals surface area contributed by atoms with Gasteiger partial charge in [0.25, 0.3) is 11.8 Å². The predicted octanol–water partition coefficient (Wildman–Crippen LogP) is 6.72. The minimum atomic E-state index is -0.534. The summed E-state index contributed by atoms with van der Waals surface area (Å²) in [6.45, 7) is 11.6. The second-order valence-corrected chi connectivity index (χ2v) is 13.8. The molecular weight excluding hydrogens is 666 g/mol. The molecule has 0 bridgehead atoms. The molecule has 51 heavy (non-hydrogen) atoms. The molecule has 3 atom stereocenters. The highest BCUT2D eigenvalue weighted by molar-refractivity contribution is 6.36. The Bertz CT molecular complexity index is 1760. The minimum absolute atomic E-state index is 0.0122. The van der Waals surface area contributed by atoms with E-state index in [-0.39, 0.29) is 30.2 Å². The quantitative estimate of drug-likeness (QED) is 0.0979. The highest BCUT2D eigenvalue weighted by Crippen LogP contribution is 2.43. The Morgan fingerprint density at radius 1 is 1.18 bits per heavy atom. The first-order chi connectivity index (χ1) is 24.4. The number of hydrogen-bond acceptors (Lipinski definition) is 7. The van der Waals surface area contributed by atoms with Crippen LogP contribution in [-0.4, -0.2) is 62.2 Å². The fourth-order valence-electron chi connectivity index (χ4n) is 6.72. The zero-order valence-corrected chi connectivity index (χ0v) is 31.6. The summed E-state index contributed by atoms with van der Waals surface area (Å²) >= 11 is 6.99. The number of ether oxygens (including phenoxy) is 2. The van der Waals surface area contributed by atoms with Crippen LogP contribution in [-0.2, 0) is 25.5 Å². The van der Waals surface area contributed by atoms with E-state index in [4.69, 9.17) is 31.8 Å². The Labute approximate surface area is 306 Å². The first-order valence-electron chi connectivity index (χ1n) is 17.7. The molecule has 11 heteroatoms. The molecule has 3 unspecified atom stereocenters. The standard InChI is InChI=1S/C29H31ClN4O3.C11H21NO2/c1-16-11-12-18-15-24(34-29(37-4)25(16)18)21-9-5-8-20(26(21)30)19-7-6-10-23(17(19)2)33-28(36)22(13-14-31)27(35)32-3;1-4-9(3)6-11(5-2)8-12-10(13)7-14-11/h5-10,13,15-16H,11-12,14,31H2,1-4H3,(H,32,35)(H,33,36);9H,4-8H2,1-3H3,(H,12,13)/b22-13+;. The Hall–Kier alpha value is -4.25. The van der Waals surface area contributed by atoms with Crippen molar-refractivity contribution in [1.82, 2.24) is 15.6 Å². The van der Waals surface area contributed by atoms with Gasteiger partial charge in [-0.2, -0.15) is 0 Å². The Balaban J connectivity index is 0.000000349. The van der Waals surface area contributed by atoms with Crippen molar-refractivity contribution < 1.29 is 23.9 Å². The number of carbonyl (C=O) groups is 3. The summed E-state index contributed by atoms with van der Waals surface area (Å²) in [5.74, 6) is 0.700. The number of likely N-dealkylation sites (N-methyl/N-ethyl adjacent to an activating group) is 1. The SMILES string of the molecule is CCC(C)CC1(CC)CNC(=O)CO1.CNC(=O)/C(=C\CN)C(=O)Nc1cccc(-c2cccc(-c3cc4c(c(OC)n3)C(C)CC4)c2Cl)c1C. The predicted molar refractivity (Wildman–Crippen MR) is 204 cm³/mol. The summed E-state index contributed by atoms with van der Waals surface area (Å²) in [6, 6.07) is 13.5. The maximum atomic E-state index is 12.8. The van der Waals surface area contributed by atoms with Crippen LogP contribution in [0.5, 0.6) is 5.88 Å². The normalized spacial score (nSPS) is 18.9. The molecule has 1 saturated heterocycles. The number of benzene rings is 2. The van der Waals surface area contributed by atoms with E-state index in [1.807, 2.05) is 37.3 Å².